The number of benzene rings is 2. The number of phenolic OH excluding ortho intramolecular Hbond substituents is 1. The Bertz CT molecular complexity index is 801. The van der Waals surface area contributed by atoms with Gasteiger partial charge in [0.05, 0.1) is 18.9 Å². The molecule has 4 nitrogen and oxygen atoms in total. The maximum atomic E-state index is 10.3. The van der Waals surface area contributed by atoms with Gasteiger partial charge in [-0.3, -0.25) is 4.99 Å². The van der Waals surface area contributed by atoms with Gasteiger partial charge in [0.15, 0.2) is 0 Å². The molecule has 1 N–H and O–H groups in total. The Morgan fingerprint density at radius 1 is 0.647 bits per heavy atom. The normalized spacial score (nSPS) is 11.2. The Hall–Kier alpha value is -2.49. The van der Waals surface area contributed by atoms with Crippen molar-refractivity contribution in [1.29, 1.82) is 0 Å². The molecule has 0 atom stereocenters. The third-order valence-corrected chi connectivity index (χ3v) is 5.97. The number of aromatic hydroxyl groups is 1. The van der Waals surface area contributed by atoms with E-state index < -0.39 is 0 Å². The number of hydrogen-bond acceptors (Lipinski definition) is 4. The summed E-state index contributed by atoms with van der Waals surface area (Å²) in [5, 5.41) is 10.3. The van der Waals surface area contributed by atoms with Crippen molar-refractivity contribution in [1.82, 2.24) is 0 Å². The monoisotopic (exact) mass is 467 g/mol. The van der Waals surface area contributed by atoms with Crippen molar-refractivity contribution in [2.75, 3.05) is 13.2 Å². The van der Waals surface area contributed by atoms with E-state index in [1.165, 1.54) is 70.6 Å². The van der Waals surface area contributed by atoms with E-state index in [2.05, 4.69) is 18.8 Å². The Kier molecular flexibility index (Phi) is 14.6. The summed E-state index contributed by atoms with van der Waals surface area (Å²) in [5.41, 5.74) is 1.50. The molecule has 0 aromatic heterocycles. The molecule has 2 rings (SSSR count). The molecule has 0 unspecified atom stereocenters. The molecule has 0 heterocycles. The number of nitrogens with zero attached hydrogens (tertiary/aromatic N) is 1. The second-order valence-electron chi connectivity index (χ2n) is 9.06. The average Bonchev–Trinajstić information content (AvgIpc) is 2.85. The fourth-order valence-electron chi connectivity index (χ4n) is 3.82. The molecule has 4 heteroatoms. The van der Waals surface area contributed by atoms with Gasteiger partial charge in [0.2, 0.25) is 0 Å². The first-order chi connectivity index (χ1) is 16.7. The zero-order chi connectivity index (χ0) is 24.3. The van der Waals surface area contributed by atoms with Crippen LogP contribution in [0.4, 0.5) is 5.69 Å². The van der Waals surface area contributed by atoms with Gasteiger partial charge in [-0.1, -0.05) is 84.5 Å². The highest BCUT2D eigenvalue weighted by Gasteiger charge is 2.02. The SMILES string of the molecule is CCCCCCCCCCOc1ccc(C=Nc2ccc(OCCCCCCC)cc2)c(O)c1. The Balaban J connectivity index is 1.67. The van der Waals surface area contributed by atoms with Crippen LogP contribution >= 0.6 is 0 Å². The minimum absolute atomic E-state index is 0.181. The number of ether oxygens (including phenoxy) is 2. The van der Waals surface area contributed by atoms with E-state index in [-0.39, 0.29) is 5.75 Å². The van der Waals surface area contributed by atoms with Crippen molar-refractivity contribution >= 4 is 11.9 Å². The van der Waals surface area contributed by atoms with Crippen molar-refractivity contribution in [3.8, 4) is 17.2 Å². The van der Waals surface area contributed by atoms with Crippen LogP contribution in [0, 0.1) is 0 Å². The fraction of sp³-hybridized carbons (Fsp3) is 0.567. The number of aliphatic imine (C=N–C) groups is 1. The Morgan fingerprint density at radius 3 is 1.71 bits per heavy atom. The lowest BCUT2D eigenvalue weighted by Gasteiger charge is -2.08. The topological polar surface area (TPSA) is 51.0 Å². The van der Waals surface area contributed by atoms with Crippen LogP contribution in [-0.4, -0.2) is 24.5 Å². The van der Waals surface area contributed by atoms with Gasteiger partial charge in [-0.05, 0) is 49.2 Å². The van der Waals surface area contributed by atoms with E-state index in [0.717, 1.165) is 30.9 Å². The van der Waals surface area contributed by atoms with Crippen LogP contribution in [0.3, 0.4) is 0 Å². The molecule has 0 saturated carbocycles. The second kappa shape index (κ2) is 17.9. The number of unbranched alkanes of at least 4 members (excludes halogenated alkanes) is 11. The van der Waals surface area contributed by atoms with Crippen LogP contribution < -0.4 is 9.47 Å². The summed E-state index contributed by atoms with van der Waals surface area (Å²) in [5.74, 6) is 1.75. The van der Waals surface area contributed by atoms with Crippen LogP contribution in [0.1, 0.15) is 103 Å². The predicted molar refractivity (Wildman–Crippen MR) is 144 cm³/mol. The molecule has 0 aliphatic heterocycles. The maximum Gasteiger partial charge on any atom is 0.128 e. The predicted octanol–water partition coefficient (Wildman–Crippen LogP) is 9.01. The standard InChI is InChI=1S/C30H45NO3/c1-3-5-7-9-10-11-13-15-23-34-29-19-16-26(30(32)24-29)25-31-27-17-20-28(21-18-27)33-22-14-12-8-6-4-2/h16-21,24-25,32H,3-15,22-23H2,1-2H3. The molecule has 0 radical (unpaired) electrons. The van der Waals surface area contributed by atoms with Crippen LogP contribution in [0.25, 0.3) is 0 Å². The smallest absolute Gasteiger partial charge is 0.128 e. The Morgan fingerprint density at radius 2 is 1.15 bits per heavy atom. The van der Waals surface area contributed by atoms with E-state index in [0.29, 0.717) is 17.9 Å². The van der Waals surface area contributed by atoms with Crippen molar-refractivity contribution < 1.29 is 14.6 Å². The molecule has 0 aliphatic rings. The molecular weight excluding hydrogens is 422 g/mol. The summed E-state index contributed by atoms with van der Waals surface area (Å²) in [4.78, 5) is 4.48. The molecule has 2 aromatic carbocycles. The molecule has 0 bridgehead atoms. The van der Waals surface area contributed by atoms with E-state index in [4.69, 9.17) is 9.47 Å². The largest absolute Gasteiger partial charge is 0.507 e. The molecule has 0 aliphatic carbocycles. The zero-order valence-electron chi connectivity index (χ0n) is 21.4. The first-order valence-corrected chi connectivity index (χ1v) is 13.5. The third-order valence-electron chi connectivity index (χ3n) is 5.97. The highest BCUT2D eigenvalue weighted by molar-refractivity contribution is 5.85. The van der Waals surface area contributed by atoms with Gasteiger partial charge >= 0.3 is 0 Å². The third kappa shape index (κ3) is 12.1. The van der Waals surface area contributed by atoms with Crippen molar-refractivity contribution in [3.05, 3.63) is 48.0 Å². The van der Waals surface area contributed by atoms with Gasteiger partial charge in [-0.15, -0.1) is 0 Å². The summed E-state index contributed by atoms with van der Waals surface area (Å²) >= 11 is 0. The summed E-state index contributed by atoms with van der Waals surface area (Å²) in [7, 11) is 0. The summed E-state index contributed by atoms with van der Waals surface area (Å²) in [6.45, 7) is 5.92. The summed E-state index contributed by atoms with van der Waals surface area (Å²) in [6.07, 6.45) is 18.1. The van der Waals surface area contributed by atoms with Crippen molar-refractivity contribution in [3.63, 3.8) is 0 Å². The van der Waals surface area contributed by atoms with Crippen LogP contribution in [0.2, 0.25) is 0 Å². The number of phenols is 1. The van der Waals surface area contributed by atoms with E-state index in [1.54, 1.807) is 12.3 Å². The second-order valence-corrected chi connectivity index (χ2v) is 9.06. The van der Waals surface area contributed by atoms with Crippen molar-refractivity contribution in [2.24, 2.45) is 4.99 Å². The molecule has 0 spiro atoms. The number of rotatable bonds is 19. The fourth-order valence-corrected chi connectivity index (χ4v) is 3.82. The van der Waals surface area contributed by atoms with E-state index >= 15 is 0 Å². The maximum absolute atomic E-state index is 10.3. The first kappa shape index (κ1) is 27.8. The summed E-state index contributed by atoms with van der Waals surface area (Å²) in [6, 6.07) is 13.2. The van der Waals surface area contributed by atoms with E-state index in [9.17, 15) is 5.11 Å². The van der Waals surface area contributed by atoms with Gasteiger partial charge in [0, 0.05) is 17.8 Å². The molecule has 34 heavy (non-hydrogen) atoms. The number of hydrogen-bond donors (Lipinski definition) is 1. The van der Waals surface area contributed by atoms with Crippen molar-refractivity contribution in [2.45, 2.75) is 97.3 Å². The minimum Gasteiger partial charge on any atom is -0.507 e. The molecular formula is C30H45NO3. The van der Waals surface area contributed by atoms with Gasteiger partial charge in [0.25, 0.3) is 0 Å². The van der Waals surface area contributed by atoms with Gasteiger partial charge in [0.1, 0.15) is 17.2 Å². The zero-order valence-corrected chi connectivity index (χ0v) is 21.4. The minimum atomic E-state index is 0.181. The average molecular weight is 468 g/mol. The van der Waals surface area contributed by atoms with Crippen LogP contribution in [0.5, 0.6) is 17.2 Å². The first-order valence-electron chi connectivity index (χ1n) is 13.5. The van der Waals surface area contributed by atoms with Gasteiger partial charge in [-0.2, -0.15) is 0 Å². The lowest BCUT2D eigenvalue weighted by Crippen LogP contribution is -1.97. The van der Waals surface area contributed by atoms with Crippen LogP contribution in [-0.2, 0) is 0 Å². The Labute approximate surface area is 207 Å². The molecule has 188 valence electrons. The highest BCUT2D eigenvalue weighted by Crippen LogP contribution is 2.24. The molecule has 2 aromatic rings. The van der Waals surface area contributed by atoms with Gasteiger partial charge < -0.3 is 14.6 Å². The highest BCUT2D eigenvalue weighted by atomic mass is 16.5. The van der Waals surface area contributed by atoms with Crippen LogP contribution in [0.15, 0.2) is 47.5 Å². The molecule has 0 saturated heterocycles. The van der Waals surface area contributed by atoms with E-state index in [1.807, 2.05) is 36.4 Å². The molecule has 0 amide bonds. The quantitative estimate of drug-likeness (QED) is 0.166. The van der Waals surface area contributed by atoms with Gasteiger partial charge in [-0.25, -0.2) is 0 Å². The summed E-state index contributed by atoms with van der Waals surface area (Å²) < 4.78 is 11.6. The lowest BCUT2D eigenvalue weighted by molar-refractivity contribution is 0.302. The lowest BCUT2D eigenvalue weighted by atomic mass is 10.1. The molecule has 0 fully saturated rings.